The van der Waals surface area contributed by atoms with Crippen molar-refractivity contribution in [1.82, 2.24) is 19.6 Å². The van der Waals surface area contributed by atoms with Gasteiger partial charge in [-0.3, -0.25) is 4.79 Å². The molecule has 0 saturated heterocycles. The predicted molar refractivity (Wildman–Crippen MR) is 61.1 cm³/mol. The molecule has 0 aliphatic heterocycles. The molecule has 2 aromatic heterocycles. The first-order chi connectivity index (χ1) is 9.31. The molecule has 0 bridgehead atoms. The van der Waals surface area contributed by atoms with E-state index in [0.717, 1.165) is 6.07 Å². The van der Waals surface area contributed by atoms with E-state index in [9.17, 15) is 18.0 Å². The van der Waals surface area contributed by atoms with Crippen LogP contribution >= 0.6 is 0 Å². The molecule has 9 heteroatoms. The minimum atomic E-state index is -4.58. The fourth-order valence-electron chi connectivity index (χ4n) is 1.67. The number of nitrogens with zero attached hydrogens (tertiary/aromatic N) is 4. The second-order valence-electron chi connectivity index (χ2n) is 4.12. The second-order valence-corrected chi connectivity index (χ2v) is 4.12. The van der Waals surface area contributed by atoms with Crippen LogP contribution in [0.4, 0.5) is 13.2 Å². The molecule has 2 rings (SSSR count). The monoisotopic (exact) mass is 288 g/mol. The van der Waals surface area contributed by atoms with Crippen LogP contribution in [0.25, 0.3) is 5.78 Å². The summed E-state index contributed by atoms with van der Waals surface area (Å²) in [6, 6.07) is 0.919. The molecule has 2 heterocycles. The summed E-state index contributed by atoms with van der Waals surface area (Å²) >= 11 is 0. The van der Waals surface area contributed by atoms with E-state index in [4.69, 9.17) is 5.11 Å². The van der Waals surface area contributed by atoms with Gasteiger partial charge >= 0.3 is 12.1 Å². The number of aromatic nitrogens is 4. The van der Waals surface area contributed by atoms with Gasteiger partial charge in [-0.15, -0.1) is 5.10 Å². The lowest BCUT2D eigenvalue weighted by Gasteiger charge is -2.09. The minimum absolute atomic E-state index is 0.0265. The first kappa shape index (κ1) is 14.2. The fourth-order valence-corrected chi connectivity index (χ4v) is 1.67. The van der Waals surface area contributed by atoms with E-state index >= 15 is 0 Å². The van der Waals surface area contributed by atoms with E-state index in [1.165, 1.54) is 0 Å². The molecular formula is C11H11F3N4O2. The molecule has 0 aliphatic carbocycles. The van der Waals surface area contributed by atoms with Gasteiger partial charge in [0.1, 0.15) is 0 Å². The maximum atomic E-state index is 12.9. The Morgan fingerprint density at radius 2 is 2.10 bits per heavy atom. The number of hydrogen-bond donors (Lipinski definition) is 1. The predicted octanol–water partition coefficient (Wildman–Crippen LogP) is 1.72. The summed E-state index contributed by atoms with van der Waals surface area (Å²) in [7, 11) is 0. The van der Waals surface area contributed by atoms with Crippen molar-refractivity contribution >= 4 is 11.7 Å². The average molecular weight is 288 g/mol. The summed E-state index contributed by atoms with van der Waals surface area (Å²) < 4.78 is 39.4. The highest BCUT2D eigenvalue weighted by atomic mass is 19.4. The molecule has 6 nitrogen and oxygen atoms in total. The SMILES string of the molecule is CCc1cc(C(F)(F)F)n2nc(CCC(=O)O)nc2n1. The van der Waals surface area contributed by atoms with Crippen LogP contribution in [0.15, 0.2) is 6.07 Å². The van der Waals surface area contributed by atoms with Gasteiger partial charge in [-0.05, 0) is 12.5 Å². The minimum Gasteiger partial charge on any atom is -0.481 e. The topological polar surface area (TPSA) is 80.4 Å². The van der Waals surface area contributed by atoms with E-state index in [-0.39, 0.29) is 30.1 Å². The molecule has 0 saturated carbocycles. The number of aryl methyl sites for hydroxylation is 2. The Labute approximate surface area is 111 Å². The lowest BCUT2D eigenvalue weighted by atomic mass is 10.2. The molecule has 108 valence electrons. The molecule has 0 fully saturated rings. The Hall–Kier alpha value is -2.19. The summed E-state index contributed by atoms with van der Waals surface area (Å²) in [5.41, 5.74) is -0.713. The van der Waals surface area contributed by atoms with Crippen molar-refractivity contribution in [1.29, 1.82) is 0 Å². The number of hydrogen-bond acceptors (Lipinski definition) is 4. The first-order valence-electron chi connectivity index (χ1n) is 5.86. The number of rotatable bonds is 4. The Balaban J connectivity index is 2.51. The van der Waals surface area contributed by atoms with Gasteiger partial charge in [0.25, 0.3) is 5.78 Å². The molecule has 0 radical (unpaired) electrons. The Morgan fingerprint density at radius 3 is 2.65 bits per heavy atom. The zero-order valence-electron chi connectivity index (χ0n) is 10.5. The first-order valence-corrected chi connectivity index (χ1v) is 5.86. The Bertz CT molecular complexity index is 651. The molecule has 0 spiro atoms. The number of aliphatic carboxylic acids is 1. The standard InChI is InChI=1S/C11H11F3N4O2/c1-2-6-5-7(11(12,13)14)18-10(15-6)16-8(17-18)3-4-9(19)20/h5H,2-4H2,1H3,(H,19,20). The summed E-state index contributed by atoms with van der Waals surface area (Å²) in [6.45, 7) is 1.68. The van der Waals surface area contributed by atoms with Crippen molar-refractivity contribution < 1.29 is 23.1 Å². The highest BCUT2D eigenvalue weighted by Crippen LogP contribution is 2.29. The third kappa shape index (κ3) is 2.86. The number of carboxylic acid groups (broad SMARTS) is 1. The van der Waals surface area contributed by atoms with Crippen LogP contribution in [-0.2, 0) is 23.8 Å². The highest BCUT2D eigenvalue weighted by molar-refractivity contribution is 5.66. The molecule has 0 unspecified atom stereocenters. The summed E-state index contributed by atoms with van der Waals surface area (Å²) in [6.07, 6.45) is -4.55. The van der Waals surface area contributed by atoms with Crippen LogP contribution in [0.5, 0.6) is 0 Å². The van der Waals surface area contributed by atoms with Gasteiger partial charge in [-0.2, -0.15) is 22.7 Å². The molecule has 0 aromatic carbocycles. The smallest absolute Gasteiger partial charge is 0.433 e. The number of carboxylic acids is 1. The van der Waals surface area contributed by atoms with Crippen LogP contribution in [0, 0.1) is 0 Å². The Morgan fingerprint density at radius 1 is 1.40 bits per heavy atom. The summed E-state index contributed by atoms with van der Waals surface area (Å²) in [4.78, 5) is 18.3. The van der Waals surface area contributed by atoms with Crippen LogP contribution in [0.1, 0.15) is 30.6 Å². The quantitative estimate of drug-likeness (QED) is 0.926. The van der Waals surface area contributed by atoms with E-state index in [2.05, 4.69) is 15.1 Å². The largest absolute Gasteiger partial charge is 0.481 e. The maximum Gasteiger partial charge on any atom is 0.433 e. The Kier molecular flexibility index (Phi) is 3.60. The van der Waals surface area contributed by atoms with Crippen molar-refractivity contribution in [3.63, 3.8) is 0 Å². The normalized spacial score (nSPS) is 12.0. The number of halogens is 3. The maximum absolute atomic E-state index is 12.9. The van der Waals surface area contributed by atoms with Crippen molar-refractivity contribution in [3.8, 4) is 0 Å². The van der Waals surface area contributed by atoms with Crippen molar-refractivity contribution in [3.05, 3.63) is 23.3 Å². The number of carbonyl (C=O) groups is 1. The number of fused-ring (bicyclic) bond motifs is 1. The lowest BCUT2D eigenvalue weighted by Crippen LogP contribution is -2.14. The zero-order valence-corrected chi connectivity index (χ0v) is 10.5. The van der Waals surface area contributed by atoms with Crippen molar-refractivity contribution in [2.24, 2.45) is 0 Å². The third-order valence-electron chi connectivity index (χ3n) is 2.62. The lowest BCUT2D eigenvalue weighted by molar-refractivity contribution is -0.143. The summed E-state index contributed by atoms with van der Waals surface area (Å²) in [5.74, 6) is -1.21. The van der Waals surface area contributed by atoms with Gasteiger partial charge in [0.2, 0.25) is 0 Å². The van der Waals surface area contributed by atoms with Gasteiger partial charge in [-0.1, -0.05) is 6.92 Å². The number of alkyl halides is 3. The van der Waals surface area contributed by atoms with E-state index in [0.29, 0.717) is 10.9 Å². The highest BCUT2D eigenvalue weighted by Gasteiger charge is 2.35. The molecular weight excluding hydrogens is 277 g/mol. The van der Waals surface area contributed by atoms with Crippen molar-refractivity contribution in [2.75, 3.05) is 0 Å². The van der Waals surface area contributed by atoms with Crippen LogP contribution in [0.2, 0.25) is 0 Å². The van der Waals surface area contributed by atoms with E-state index in [1.54, 1.807) is 6.92 Å². The molecule has 20 heavy (non-hydrogen) atoms. The fraction of sp³-hybridized carbons (Fsp3) is 0.455. The second kappa shape index (κ2) is 5.06. The van der Waals surface area contributed by atoms with E-state index < -0.39 is 17.8 Å². The van der Waals surface area contributed by atoms with Crippen LogP contribution in [0.3, 0.4) is 0 Å². The van der Waals surface area contributed by atoms with Gasteiger partial charge in [0, 0.05) is 12.1 Å². The molecule has 0 atom stereocenters. The zero-order chi connectivity index (χ0) is 14.9. The van der Waals surface area contributed by atoms with Gasteiger partial charge in [0.05, 0.1) is 6.42 Å². The van der Waals surface area contributed by atoms with Crippen LogP contribution in [-0.4, -0.2) is 30.7 Å². The van der Waals surface area contributed by atoms with Gasteiger partial charge < -0.3 is 5.11 Å². The van der Waals surface area contributed by atoms with Gasteiger partial charge in [-0.25, -0.2) is 4.98 Å². The molecule has 2 aromatic rings. The third-order valence-corrected chi connectivity index (χ3v) is 2.62. The molecule has 0 amide bonds. The van der Waals surface area contributed by atoms with Gasteiger partial charge in [0.15, 0.2) is 11.5 Å². The average Bonchev–Trinajstić information content (AvgIpc) is 2.76. The summed E-state index contributed by atoms with van der Waals surface area (Å²) in [5, 5.41) is 12.2. The molecule has 0 aliphatic rings. The van der Waals surface area contributed by atoms with E-state index in [1.807, 2.05) is 0 Å². The molecule has 1 N–H and O–H groups in total. The van der Waals surface area contributed by atoms with Crippen LogP contribution < -0.4 is 0 Å². The van der Waals surface area contributed by atoms with Crippen molar-refractivity contribution in [2.45, 2.75) is 32.4 Å².